The molecule has 2 aliphatic heterocycles. The minimum atomic E-state index is -0.265. The molecular formula is C56H45BN4. The zero-order valence-corrected chi connectivity index (χ0v) is 34.5. The molecule has 61 heavy (non-hydrogen) atoms. The molecule has 1 aromatic heterocycles. The summed E-state index contributed by atoms with van der Waals surface area (Å²) in [6, 6.07) is 62.3. The highest BCUT2D eigenvalue weighted by Crippen LogP contribution is 2.47. The van der Waals surface area contributed by atoms with Crippen LogP contribution in [0.5, 0.6) is 0 Å². The van der Waals surface area contributed by atoms with E-state index in [4.69, 9.17) is 0 Å². The summed E-state index contributed by atoms with van der Waals surface area (Å²) in [6.07, 6.45) is 16.3. The van der Waals surface area contributed by atoms with E-state index in [1.54, 1.807) is 0 Å². The van der Waals surface area contributed by atoms with Crippen LogP contribution in [-0.4, -0.2) is 16.8 Å². The van der Waals surface area contributed by atoms with Crippen LogP contribution < -0.4 is 31.1 Å². The lowest BCUT2D eigenvalue weighted by molar-refractivity contribution is 0.570. The van der Waals surface area contributed by atoms with Crippen LogP contribution in [0.2, 0.25) is 0 Å². The molecule has 0 N–H and O–H groups in total. The van der Waals surface area contributed by atoms with Crippen LogP contribution in [0.15, 0.2) is 207 Å². The largest absolute Gasteiger partial charge is 0.332 e. The normalized spacial score (nSPS) is 16.1. The van der Waals surface area contributed by atoms with Gasteiger partial charge in [-0.2, -0.15) is 0 Å². The number of allylic oxidation sites excluding steroid dienone is 3. The summed E-state index contributed by atoms with van der Waals surface area (Å²) < 4.78 is 2.37. The molecule has 3 heterocycles. The minimum Gasteiger partial charge on any atom is -0.332 e. The molecule has 0 radical (unpaired) electrons. The third kappa shape index (κ3) is 5.76. The van der Waals surface area contributed by atoms with Gasteiger partial charge in [0.25, 0.3) is 6.71 Å². The fourth-order valence-corrected chi connectivity index (χ4v) is 10.2. The van der Waals surface area contributed by atoms with Crippen LogP contribution in [0.4, 0.5) is 45.5 Å². The lowest BCUT2D eigenvalue weighted by Crippen LogP contribution is -2.61. The van der Waals surface area contributed by atoms with Crippen LogP contribution in [0, 0.1) is 0 Å². The molecule has 1 unspecified atom stereocenters. The quantitative estimate of drug-likeness (QED) is 0.143. The van der Waals surface area contributed by atoms with Gasteiger partial charge in [0.05, 0.1) is 16.7 Å². The van der Waals surface area contributed by atoms with Crippen LogP contribution in [0.1, 0.15) is 31.5 Å². The van der Waals surface area contributed by atoms with Crippen LogP contribution in [0.25, 0.3) is 28.7 Å². The summed E-state index contributed by atoms with van der Waals surface area (Å²) in [7, 11) is 0. The first-order chi connectivity index (χ1) is 30.1. The van der Waals surface area contributed by atoms with Gasteiger partial charge in [0.1, 0.15) is 0 Å². The molecule has 11 rings (SSSR count). The second-order valence-corrected chi connectivity index (χ2v) is 16.3. The van der Waals surface area contributed by atoms with Crippen molar-refractivity contribution in [2.75, 3.05) is 14.7 Å². The van der Waals surface area contributed by atoms with Gasteiger partial charge in [0, 0.05) is 62.1 Å². The van der Waals surface area contributed by atoms with E-state index in [2.05, 4.69) is 246 Å². The maximum atomic E-state index is 4.37. The average molecular weight is 785 g/mol. The Kier molecular flexibility index (Phi) is 8.78. The Morgan fingerprint density at radius 3 is 1.80 bits per heavy atom. The second-order valence-electron chi connectivity index (χ2n) is 16.3. The summed E-state index contributed by atoms with van der Waals surface area (Å²) in [4.78, 5) is 7.50. The molecule has 0 amide bonds. The van der Waals surface area contributed by atoms with Crippen molar-refractivity contribution in [3.05, 3.63) is 218 Å². The number of hydrogen-bond donors (Lipinski definition) is 0. The topological polar surface area (TPSA) is 14.7 Å². The molecule has 3 aliphatic rings. The van der Waals surface area contributed by atoms with E-state index in [1.807, 2.05) is 6.08 Å². The summed E-state index contributed by atoms with van der Waals surface area (Å²) in [6.45, 7) is 8.77. The Hall–Kier alpha value is -7.50. The van der Waals surface area contributed by atoms with Crippen molar-refractivity contribution in [3.8, 4) is 5.69 Å². The second kappa shape index (κ2) is 14.7. The first-order valence-corrected chi connectivity index (χ1v) is 21.3. The van der Waals surface area contributed by atoms with Gasteiger partial charge >= 0.3 is 0 Å². The van der Waals surface area contributed by atoms with Crippen molar-refractivity contribution in [2.45, 2.75) is 25.8 Å². The summed E-state index contributed by atoms with van der Waals surface area (Å²) in [5.74, 6) is 0. The lowest BCUT2D eigenvalue weighted by atomic mass is 9.33. The highest BCUT2D eigenvalue weighted by molar-refractivity contribution is 7.00. The van der Waals surface area contributed by atoms with Crippen LogP contribution >= 0.6 is 0 Å². The predicted octanol–water partition coefficient (Wildman–Crippen LogP) is 12.8. The zero-order valence-electron chi connectivity index (χ0n) is 34.5. The smallest absolute Gasteiger partial charge is 0.252 e. The minimum absolute atomic E-state index is 0.0430. The van der Waals surface area contributed by atoms with Crippen LogP contribution in [-0.2, 0) is 0 Å². The number of nitrogens with zero attached hydrogens (tertiary/aromatic N) is 4. The molecular weight excluding hydrogens is 739 g/mol. The van der Waals surface area contributed by atoms with Gasteiger partial charge in [0.2, 0.25) is 0 Å². The monoisotopic (exact) mass is 784 g/mol. The fraction of sp³-hybridized carbons (Fsp3) is 0.0714. The zero-order chi connectivity index (χ0) is 41.1. The van der Waals surface area contributed by atoms with Crippen molar-refractivity contribution >= 4 is 91.7 Å². The van der Waals surface area contributed by atoms with Gasteiger partial charge in [-0.1, -0.05) is 134 Å². The van der Waals surface area contributed by atoms with E-state index in [0.717, 1.165) is 46.1 Å². The maximum absolute atomic E-state index is 4.37. The third-order valence-corrected chi connectivity index (χ3v) is 12.7. The number of benzene rings is 7. The van der Waals surface area contributed by atoms with Gasteiger partial charge in [0.15, 0.2) is 0 Å². The number of rotatable bonds is 8. The molecule has 8 aromatic rings. The van der Waals surface area contributed by atoms with Crippen LogP contribution in [0.3, 0.4) is 0 Å². The predicted molar refractivity (Wildman–Crippen MR) is 262 cm³/mol. The van der Waals surface area contributed by atoms with E-state index in [-0.39, 0.29) is 12.3 Å². The van der Waals surface area contributed by atoms with Gasteiger partial charge in [-0.25, -0.2) is 0 Å². The molecule has 0 saturated carbocycles. The third-order valence-electron chi connectivity index (χ3n) is 12.7. The molecule has 5 heteroatoms. The molecule has 0 spiro atoms. The summed E-state index contributed by atoms with van der Waals surface area (Å²) >= 11 is 0. The molecule has 0 fully saturated rings. The first kappa shape index (κ1) is 36.6. The molecule has 4 nitrogen and oxygen atoms in total. The van der Waals surface area contributed by atoms with Gasteiger partial charge < -0.3 is 19.3 Å². The molecule has 0 bridgehead atoms. The molecule has 0 saturated heterocycles. The van der Waals surface area contributed by atoms with Gasteiger partial charge in [-0.15, -0.1) is 0 Å². The number of para-hydroxylation sites is 4. The SMILES string of the molecule is C=Cc1c(/C=C\C)c2cc3c(cc2n1-c1ccccc1)N(c1ccccc1)c1cccc2c1B3c1ccc(N(c3ccccc3)C3(C)C=CC=CC3)cc1N2c1ccccc1. The lowest BCUT2D eigenvalue weighted by Gasteiger charge is -2.45. The molecule has 7 aromatic carbocycles. The first-order valence-electron chi connectivity index (χ1n) is 21.3. The summed E-state index contributed by atoms with van der Waals surface area (Å²) in [5, 5.41) is 1.20. The van der Waals surface area contributed by atoms with Crippen molar-refractivity contribution < 1.29 is 0 Å². The fourth-order valence-electron chi connectivity index (χ4n) is 10.2. The number of fused-ring (bicyclic) bond motifs is 5. The molecule has 1 aliphatic carbocycles. The number of hydrogen-bond acceptors (Lipinski definition) is 3. The van der Waals surface area contributed by atoms with Crippen molar-refractivity contribution in [2.24, 2.45) is 0 Å². The van der Waals surface area contributed by atoms with Crippen molar-refractivity contribution in [3.63, 3.8) is 0 Å². The van der Waals surface area contributed by atoms with E-state index < -0.39 is 0 Å². The van der Waals surface area contributed by atoms with Gasteiger partial charge in [-0.3, -0.25) is 0 Å². The Balaban J connectivity index is 1.23. The number of anilines is 8. The number of aromatic nitrogens is 1. The van der Waals surface area contributed by atoms with Crippen molar-refractivity contribution in [1.29, 1.82) is 0 Å². The standard InChI is InChI=1S/C56H45BN4/c1-4-22-45-46-38-48-54(39-52(46)58(49(45)5-2)40-23-11-6-12-24-40)60(42-27-15-8-16-28-42)51-32-21-31-50-55(51)57(48)47-34-33-44(37-53(47)59(50)41-25-13-7-14-26-41)61(43-29-17-9-18-30-43)56(3)35-19-10-20-36-56/h4-35,37-39H,2,36H2,1,3H3/b22-4-. The van der Waals surface area contributed by atoms with E-state index in [0.29, 0.717) is 0 Å². The highest BCUT2D eigenvalue weighted by atomic mass is 15.2. The summed E-state index contributed by atoms with van der Waals surface area (Å²) in [5.41, 5.74) is 17.4. The maximum Gasteiger partial charge on any atom is 0.252 e. The average Bonchev–Trinajstić information content (AvgIpc) is 3.61. The Morgan fingerprint density at radius 2 is 1.21 bits per heavy atom. The Morgan fingerprint density at radius 1 is 0.607 bits per heavy atom. The highest BCUT2D eigenvalue weighted by Gasteiger charge is 2.44. The van der Waals surface area contributed by atoms with E-state index in [9.17, 15) is 0 Å². The molecule has 1 atom stereocenters. The van der Waals surface area contributed by atoms with E-state index in [1.165, 1.54) is 50.1 Å². The molecule has 292 valence electrons. The Labute approximate surface area is 359 Å². The van der Waals surface area contributed by atoms with E-state index >= 15 is 0 Å². The Bertz CT molecular complexity index is 3060. The van der Waals surface area contributed by atoms with Gasteiger partial charge in [-0.05, 0) is 122 Å². The van der Waals surface area contributed by atoms with Crippen molar-refractivity contribution in [1.82, 2.24) is 4.57 Å².